The summed E-state index contributed by atoms with van der Waals surface area (Å²) >= 11 is 5.50. The molecule has 2 aromatic rings. The van der Waals surface area contributed by atoms with Gasteiger partial charge in [-0.15, -0.1) is 0 Å². The third kappa shape index (κ3) is 3.16. The standard InChI is InChI=1S/C19H17N3O2S/c1-20(2)13-16-17(23)21(14-9-5-3-6-10-14)19(25)22(18(16)24)15-11-7-4-8-12-15/h3-13H,1-2H3. The number of amides is 2. The summed E-state index contributed by atoms with van der Waals surface area (Å²) in [6, 6.07) is 18.2. The fourth-order valence-electron chi connectivity index (χ4n) is 2.58. The van der Waals surface area contributed by atoms with E-state index in [1.165, 1.54) is 16.0 Å². The summed E-state index contributed by atoms with van der Waals surface area (Å²) in [7, 11) is 3.53. The van der Waals surface area contributed by atoms with Gasteiger partial charge in [0.25, 0.3) is 11.8 Å². The molecule has 1 saturated heterocycles. The van der Waals surface area contributed by atoms with Crippen molar-refractivity contribution in [2.45, 2.75) is 0 Å². The van der Waals surface area contributed by atoms with Crippen LogP contribution in [0.15, 0.2) is 72.4 Å². The van der Waals surface area contributed by atoms with E-state index in [2.05, 4.69) is 0 Å². The minimum absolute atomic E-state index is 0.0614. The third-order valence-corrected chi connectivity index (χ3v) is 4.03. The van der Waals surface area contributed by atoms with E-state index in [0.29, 0.717) is 11.4 Å². The van der Waals surface area contributed by atoms with Crippen molar-refractivity contribution in [1.82, 2.24) is 4.90 Å². The maximum Gasteiger partial charge on any atom is 0.271 e. The average Bonchev–Trinajstić information content (AvgIpc) is 2.60. The van der Waals surface area contributed by atoms with Gasteiger partial charge in [0.05, 0.1) is 11.4 Å². The maximum atomic E-state index is 13.0. The van der Waals surface area contributed by atoms with Crippen molar-refractivity contribution < 1.29 is 9.59 Å². The van der Waals surface area contributed by atoms with Crippen LogP contribution in [-0.2, 0) is 9.59 Å². The van der Waals surface area contributed by atoms with Crippen LogP contribution in [0.4, 0.5) is 11.4 Å². The van der Waals surface area contributed by atoms with E-state index < -0.39 is 11.8 Å². The van der Waals surface area contributed by atoms with Gasteiger partial charge in [-0.3, -0.25) is 19.4 Å². The Morgan fingerprint density at radius 3 is 1.56 bits per heavy atom. The SMILES string of the molecule is CN(C)C=C1C(=O)N(c2ccccc2)C(=S)N(c2ccccc2)C1=O. The molecule has 0 radical (unpaired) electrons. The Hall–Kier alpha value is -2.99. The molecule has 25 heavy (non-hydrogen) atoms. The molecule has 0 spiro atoms. The van der Waals surface area contributed by atoms with E-state index >= 15 is 0 Å². The van der Waals surface area contributed by atoms with Gasteiger partial charge in [-0.05, 0) is 36.5 Å². The molecular weight excluding hydrogens is 334 g/mol. The van der Waals surface area contributed by atoms with Crippen LogP contribution in [0.5, 0.6) is 0 Å². The van der Waals surface area contributed by atoms with Gasteiger partial charge in [-0.1, -0.05) is 36.4 Å². The van der Waals surface area contributed by atoms with Crippen molar-refractivity contribution in [2.24, 2.45) is 0 Å². The summed E-state index contributed by atoms with van der Waals surface area (Å²) in [4.78, 5) is 30.4. The van der Waals surface area contributed by atoms with Gasteiger partial charge in [0, 0.05) is 20.3 Å². The Labute approximate surface area is 151 Å². The van der Waals surface area contributed by atoms with E-state index in [1.54, 1.807) is 43.3 Å². The van der Waals surface area contributed by atoms with Crippen molar-refractivity contribution in [2.75, 3.05) is 23.9 Å². The zero-order valence-electron chi connectivity index (χ0n) is 13.9. The summed E-state index contributed by atoms with van der Waals surface area (Å²) in [6.07, 6.45) is 1.53. The monoisotopic (exact) mass is 351 g/mol. The molecule has 0 aliphatic carbocycles. The number of nitrogens with zero attached hydrogens (tertiary/aromatic N) is 3. The lowest BCUT2D eigenvalue weighted by Crippen LogP contribution is -2.57. The Morgan fingerprint density at radius 1 is 0.800 bits per heavy atom. The molecule has 5 nitrogen and oxygen atoms in total. The quantitative estimate of drug-likeness (QED) is 0.485. The zero-order chi connectivity index (χ0) is 18.0. The summed E-state index contributed by atoms with van der Waals surface area (Å²) in [5.41, 5.74) is 1.30. The first-order chi connectivity index (χ1) is 12.0. The Morgan fingerprint density at radius 2 is 1.20 bits per heavy atom. The number of benzene rings is 2. The van der Waals surface area contributed by atoms with Crippen LogP contribution in [-0.4, -0.2) is 35.9 Å². The predicted octanol–water partition coefficient (Wildman–Crippen LogP) is 2.80. The van der Waals surface area contributed by atoms with Crippen LogP contribution in [0.2, 0.25) is 0 Å². The number of carbonyl (C=O) groups is 2. The molecule has 3 rings (SSSR count). The summed E-state index contributed by atoms with van der Waals surface area (Å²) < 4.78 is 0. The van der Waals surface area contributed by atoms with Crippen LogP contribution in [0.1, 0.15) is 0 Å². The van der Waals surface area contributed by atoms with Crippen molar-refractivity contribution in [3.8, 4) is 0 Å². The number of thiocarbonyl (C=S) groups is 1. The van der Waals surface area contributed by atoms with Gasteiger partial charge < -0.3 is 4.90 Å². The maximum absolute atomic E-state index is 13.0. The molecule has 0 unspecified atom stereocenters. The largest absolute Gasteiger partial charge is 0.383 e. The van der Waals surface area contributed by atoms with E-state index in [-0.39, 0.29) is 10.7 Å². The number of carbonyl (C=O) groups excluding carboxylic acids is 2. The van der Waals surface area contributed by atoms with Gasteiger partial charge in [0.2, 0.25) is 0 Å². The second kappa shape index (κ2) is 6.86. The Bertz CT molecular complexity index is 784. The molecular formula is C19H17N3O2S. The topological polar surface area (TPSA) is 43.9 Å². The average molecular weight is 351 g/mol. The molecule has 0 atom stereocenters. The van der Waals surface area contributed by atoms with Crippen LogP contribution >= 0.6 is 12.2 Å². The molecule has 0 bridgehead atoms. The summed E-state index contributed by atoms with van der Waals surface area (Å²) in [5, 5.41) is 0.142. The van der Waals surface area contributed by atoms with Gasteiger partial charge in [0.15, 0.2) is 5.11 Å². The number of anilines is 2. The molecule has 0 aromatic heterocycles. The lowest BCUT2D eigenvalue weighted by molar-refractivity contribution is -0.121. The molecule has 1 aliphatic rings. The number of para-hydroxylation sites is 2. The van der Waals surface area contributed by atoms with Crippen molar-refractivity contribution >= 4 is 40.5 Å². The highest BCUT2D eigenvalue weighted by Crippen LogP contribution is 2.28. The molecule has 0 N–H and O–H groups in total. The minimum atomic E-state index is -0.429. The molecule has 6 heteroatoms. The van der Waals surface area contributed by atoms with Gasteiger partial charge in [-0.25, -0.2) is 0 Å². The van der Waals surface area contributed by atoms with Gasteiger partial charge in [-0.2, -0.15) is 0 Å². The van der Waals surface area contributed by atoms with Crippen molar-refractivity contribution in [3.05, 3.63) is 72.4 Å². The van der Waals surface area contributed by atoms with Gasteiger partial charge in [0.1, 0.15) is 5.57 Å². The normalized spacial score (nSPS) is 14.8. The molecule has 1 aliphatic heterocycles. The Balaban J connectivity index is 2.15. The van der Waals surface area contributed by atoms with Crippen molar-refractivity contribution in [1.29, 1.82) is 0 Å². The van der Waals surface area contributed by atoms with Gasteiger partial charge >= 0.3 is 0 Å². The highest BCUT2D eigenvalue weighted by atomic mass is 32.1. The van der Waals surface area contributed by atoms with Crippen LogP contribution in [0.25, 0.3) is 0 Å². The lowest BCUT2D eigenvalue weighted by Gasteiger charge is -2.36. The first kappa shape index (κ1) is 16.9. The number of hydrogen-bond acceptors (Lipinski definition) is 4. The molecule has 1 fully saturated rings. The minimum Gasteiger partial charge on any atom is -0.383 e. The highest BCUT2D eigenvalue weighted by Gasteiger charge is 2.41. The summed E-state index contributed by atoms with van der Waals surface area (Å²) in [6.45, 7) is 0. The molecule has 2 amide bonds. The smallest absolute Gasteiger partial charge is 0.271 e. The second-order valence-corrected chi connectivity index (χ2v) is 6.11. The lowest BCUT2D eigenvalue weighted by atomic mass is 10.1. The van der Waals surface area contributed by atoms with E-state index in [1.807, 2.05) is 36.4 Å². The first-order valence-corrected chi connectivity index (χ1v) is 8.12. The Kier molecular flexibility index (Phi) is 4.63. The molecule has 2 aromatic carbocycles. The van der Waals surface area contributed by atoms with Crippen LogP contribution in [0.3, 0.4) is 0 Å². The number of hydrogen-bond donors (Lipinski definition) is 0. The number of rotatable bonds is 3. The highest BCUT2D eigenvalue weighted by molar-refractivity contribution is 7.81. The van der Waals surface area contributed by atoms with Crippen molar-refractivity contribution in [3.63, 3.8) is 0 Å². The fraction of sp³-hybridized carbons (Fsp3) is 0.105. The summed E-state index contributed by atoms with van der Waals surface area (Å²) in [5.74, 6) is -0.857. The zero-order valence-corrected chi connectivity index (χ0v) is 14.7. The first-order valence-electron chi connectivity index (χ1n) is 7.72. The fourth-order valence-corrected chi connectivity index (χ4v) is 2.96. The third-order valence-electron chi connectivity index (χ3n) is 3.67. The predicted molar refractivity (Wildman–Crippen MR) is 102 cm³/mol. The molecule has 126 valence electrons. The van der Waals surface area contributed by atoms with E-state index in [9.17, 15) is 9.59 Å². The van der Waals surface area contributed by atoms with Crippen LogP contribution in [0, 0.1) is 0 Å². The van der Waals surface area contributed by atoms with E-state index in [0.717, 1.165) is 0 Å². The molecule has 0 saturated carbocycles. The van der Waals surface area contributed by atoms with E-state index in [4.69, 9.17) is 12.2 Å². The second-order valence-electron chi connectivity index (χ2n) is 5.74. The molecule has 1 heterocycles. The van der Waals surface area contributed by atoms with Crippen LogP contribution < -0.4 is 9.80 Å².